The molecule has 4 aromatic carbocycles. The Morgan fingerprint density at radius 1 is 0.717 bits per heavy atom. The van der Waals surface area contributed by atoms with E-state index in [2.05, 4.69) is 5.32 Å². The number of hydrogen-bond donors (Lipinski definition) is 2. The summed E-state index contributed by atoms with van der Waals surface area (Å²) in [5.41, 5.74) is -7.75. The summed E-state index contributed by atoms with van der Waals surface area (Å²) in [5.74, 6) is -5.81. The van der Waals surface area contributed by atoms with E-state index in [4.69, 9.17) is 4.74 Å². The Bertz CT molecular complexity index is 1750. The first kappa shape index (κ1) is 33.9. The summed E-state index contributed by atoms with van der Waals surface area (Å²) in [6.45, 7) is 2.21. The molecule has 0 heterocycles. The van der Waals surface area contributed by atoms with Crippen molar-refractivity contribution >= 4 is 11.9 Å². The minimum Gasteiger partial charge on any atom is -0.478 e. The van der Waals surface area contributed by atoms with Gasteiger partial charge in [0.05, 0.1) is 16.7 Å². The number of carbonyl (C=O) groups is 2. The topological polar surface area (TPSA) is 75.6 Å². The number of carboxylic acid groups (broad SMARTS) is 1. The molecule has 0 bridgehead atoms. The van der Waals surface area contributed by atoms with Gasteiger partial charge in [0.1, 0.15) is 5.82 Å². The molecule has 4 rings (SSSR count). The summed E-state index contributed by atoms with van der Waals surface area (Å²) in [7, 11) is 0. The lowest BCUT2D eigenvalue weighted by Crippen LogP contribution is -2.49. The molecule has 0 aliphatic carbocycles. The van der Waals surface area contributed by atoms with E-state index in [0.717, 1.165) is 44.2 Å². The molecule has 1 atom stereocenters. The van der Waals surface area contributed by atoms with Gasteiger partial charge in [-0.15, -0.1) is 0 Å². The van der Waals surface area contributed by atoms with Gasteiger partial charge < -0.3 is 15.2 Å². The van der Waals surface area contributed by atoms with Crippen molar-refractivity contribution in [1.29, 1.82) is 0 Å². The molecule has 1 amide bonds. The second-order valence-electron chi connectivity index (χ2n) is 10.9. The lowest BCUT2D eigenvalue weighted by molar-refractivity contribution is -0.152. The zero-order valence-corrected chi connectivity index (χ0v) is 24.1. The summed E-state index contributed by atoms with van der Waals surface area (Å²) in [4.78, 5) is 25.5. The lowest BCUT2D eigenvalue weighted by Gasteiger charge is -2.37. The Kier molecular flexibility index (Phi) is 9.19. The van der Waals surface area contributed by atoms with Gasteiger partial charge in [-0.05, 0) is 79.1 Å². The van der Waals surface area contributed by atoms with Gasteiger partial charge >= 0.3 is 18.3 Å². The molecular formula is C33H25F8NO4. The molecule has 0 fully saturated rings. The normalized spacial score (nSPS) is 13.5. The van der Waals surface area contributed by atoms with E-state index >= 15 is 4.39 Å². The van der Waals surface area contributed by atoms with Gasteiger partial charge in [0.25, 0.3) is 5.91 Å². The molecular weight excluding hydrogens is 626 g/mol. The highest BCUT2D eigenvalue weighted by Gasteiger charge is 2.41. The molecule has 0 radical (unpaired) electrons. The fraction of sp³-hybridized carbons (Fsp3) is 0.212. The summed E-state index contributed by atoms with van der Waals surface area (Å²) in [6.07, 6.45) is -10.3. The number of carboxylic acids is 1. The van der Waals surface area contributed by atoms with Crippen LogP contribution in [-0.2, 0) is 29.1 Å². The smallest absolute Gasteiger partial charge is 0.416 e. The Morgan fingerprint density at radius 2 is 1.35 bits per heavy atom. The molecule has 0 aliphatic rings. The van der Waals surface area contributed by atoms with Crippen molar-refractivity contribution < 1.29 is 54.6 Å². The molecule has 5 nitrogen and oxygen atoms in total. The fourth-order valence-corrected chi connectivity index (χ4v) is 4.73. The molecule has 0 saturated carbocycles. The van der Waals surface area contributed by atoms with Crippen LogP contribution < -0.4 is 10.1 Å². The average molecular weight is 652 g/mol. The van der Waals surface area contributed by atoms with Crippen LogP contribution in [0.2, 0.25) is 0 Å². The van der Waals surface area contributed by atoms with Crippen molar-refractivity contribution in [2.24, 2.45) is 0 Å². The van der Waals surface area contributed by atoms with E-state index < -0.39 is 81.4 Å². The van der Waals surface area contributed by atoms with Crippen LogP contribution in [0.25, 0.3) is 0 Å². The summed E-state index contributed by atoms with van der Waals surface area (Å²) in [6, 6.07) is 15.3. The number of carbonyl (C=O) groups excluding carboxylic acids is 1. The molecule has 0 saturated heterocycles. The molecule has 2 N–H and O–H groups in total. The maximum atomic E-state index is 15.0. The predicted octanol–water partition coefficient (Wildman–Crippen LogP) is 8.16. The van der Waals surface area contributed by atoms with Gasteiger partial charge in [-0.3, -0.25) is 4.79 Å². The van der Waals surface area contributed by atoms with E-state index in [-0.39, 0.29) is 11.6 Å². The maximum absolute atomic E-state index is 15.0. The van der Waals surface area contributed by atoms with Gasteiger partial charge in [-0.1, -0.05) is 42.5 Å². The van der Waals surface area contributed by atoms with E-state index in [1.165, 1.54) is 12.1 Å². The van der Waals surface area contributed by atoms with E-state index in [0.29, 0.717) is 29.8 Å². The first-order valence-electron chi connectivity index (χ1n) is 13.5. The third-order valence-corrected chi connectivity index (χ3v) is 7.11. The first-order chi connectivity index (χ1) is 21.3. The monoisotopic (exact) mass is 651 g/mol. The molecule has 4 aromatic rings. The second kappa shape index (κ2) is 12.5. The van der Waals surface area contributed by atoms with Crippen LogP contribution in [-0.4, -0.2) is 22.6 Å². The minimum absolute atomic E-state index is 0.201. The van der Waals surface area contributed by atoms with Crippen molar-refractivity contribution in [1.82, 2.24) is 5.32 Å². The molecule has 242 valence electrons. The van der Waals surface area contributed by atoms with E-state index in [9.17, 15) is 45.4 Å². The van der Waals surface area contributed by atoms with Crippen molar-refractivity contribution in [2.75, 3.05) is 0 Å². The van der Waals surface area contributed by atoms with Crippen LogP contribution in [0.3, 0.4) is 0 Å². The van der Waals surface area contributed by atoms with Crippen molar-refractivity contribution in [2.45, 2.75) is 43.8 Å². The standard InChI is InChI=1S/C33H25F8NO4/c1-30(2,29(44)45)46-27-17-21(11-12-26(27)35)31(18-19-7-4-3-5-8-19,23-14-24(33(39,40)41)16-25(34)15-23)42-28(43)20-9-6-10-22(13-20)32(36,37)38/h3-17H,18H2,1-2H3,(H,42,43)(H,44,45)/t31-/m1/s1. The lowest BCUT2D eigenvalue weighted by atomic mass is 9.77. The number of ether oxygens (including phenoxy) is 1. The fourth-order valence-electron chi connectivity index (χ4n) is 4.73. The highest BCUT2D eigenvalue weighted by Crippen LogP contribution is 2.40. The number of hydrogen-bond acceptors (Lipinski definition) is 3. The van der Waals surface area contributed by atoms with Crippen LogP contribution in [0.15, 0.2) is 91.0 Å². The van der Waals surface area contributed by atoms with Gasteiger partial charge in [0.2, 0.25) is 0 Å². The molecule has 0 unspecified atom stereocenters. The number of amides is 1. The third kappa shape index (κ3) is 7.47. The molecule has 13 heteroatoms. The van der Waals surface area contributed by atoms with E-state index in [1.807, 2.05) is 0 Å². The number of benzene rings is 4. The minimum atomic E-state index is -5.07. The third-order valence-electron chi connectivity index (χ3n) is 7.11. The van der Waals surface area contributed by atoms with E-state index in [1.54, 1.807) is 18.2 Å². The van der Waals surface area contributed by atoms with Crippen LogP contribution in [0, 0.1) is 11.6 Å². The Labute approximate surface area is 257 Å². The van der Waals surface area contributed by atoms with Crippen LogP contribution in [0.1, 0.15) is 52.0 Å². The zero-order chi connectivity index (χ0) is 34.1. The Hall–Kier alpha value is -4.94. The predicted molar refractivity (Wildman–Crippen MR) is 150 cm³/mol. The molecule has 0 aromatic heterocycles. The number of alkyl halides is 6. The summed E-state index contributed by atoms with van der Waals surface area (Å²) < 4.78 is 118. The Balaban J connectivity index is 2.04. The van der Waals surface area contributed by atoms with Gasteiger partial charge in [0, 0.05) is 12.0 Å². The Morgan fingerprint density at radius 3 is 1.96 bits per heavy atom. The highest BCUT2D eigenvalue weighted by molar-refractivity contribution is 5.95. The second-order valence-corrected chi connectivity index (χ2v) is 10.9. The number of halogens is 8. The molecule has 0 spiro atoms. The summed E-state index contributed by atoms with van der Waals surface area (Å²) >= 11 is 0. The maximum Gasteiger partial charge on any atom is 0.416 e. The van der Waals surface area contributed by atoms with Crippen LogP contribution >= 0.6 is 0 Å². The summed E-state index contributed by atoms with van der Waals surface area (Å²) in [5, 5.41) is 12.0. The zero-order valence-electron chi connectivity index (χ0n) is 24.1. The molecule has 0 aliphatic heterocycles. The first-order valence-corrected chi connectivity index (χ1v) is 13.5. The van der Waals surface area contributed by atoms with Crippen molar-refractivity contribution in [3.63, 3.8) is 0 Å². The SMILES string of the molecule is CC(C)(Oc1cc([C@@](Cc2ccccc2)(NC(=O)c2cccc(C(F)(F)F)c2)c2cc(F)cc(C(F)(F)F)c2)ccc1F)C(=O)O. The quantitative estimate of drug-likeness (QED) is 0.179. The van der Waals surface area contributed by atoms with Gasteiger partial charge in [-0.2, -0.15) is 26.3 Å². The molecule has 46 heavy (non-hydrogen) atoms. The average Bonchev–Trinajstić information content (AvgIpc) is 2.97. The largest absolute Gasteiger partial charge is 0.478 e. The van der Waals surface area contributed by atoms with Gasteiger partial charge in [0.15, 0.2) is 17.2 Å². The van der Waals surface area contributed by atoms with Crippen LogP contribution in [0.4, 0.5) is 35.1 Å². The number of aliphatic carboxylic acids is 1. The van der Waals surface area contributed by atoms with Crippen molar-refractivity contribution in [3.05, 3.63) is 136 Å². The van der Waals surface area contributed by atoms with Crippen molar-refractivity contribution in [3.8, 4) is 5.75 Å². The highest BCUT2D eigenvalue weighted by atomic mass is 19.4. The number of nitrogens with one attached hydrogen (secondary N) is 1. The van der Waals surface area contributed by atoms with Crippen LogP contribution in [0.5, 0.6) is 5.75 Å². The number of rotatable bonds is 9. The van der Waals surface area contributed by atoms with Gasteiger partial charge in [-0.25, -0.2) is 13.6 Å².